The van der Waals surface area contributed by atoms with Crippen molar-refractivity contribution in [1.29, 1.82) is 0 Å². The summed E-state index contributed by atoms with van der Waals surface area (Å²) in [6.07, 6.45) is 0. The number of aryl methyl sites for hydroxylation is 1. The molecule has 112 valence electrons. The monoisotopic (exact) mass is 327 g/mol. The van der Waals surface area contributed by atoms with Crippen LogP contribution in [0.1, 0.15) is 16.1 Å². The molecule has 1 aromatic carbocycles. The van der Waals surface area contributed by atoms with Crippen LogP contribution >= 0.6 is 23.4 Å². The highest BCUT2D eigenvalue weighted by Gasteiger charge is 2.18. The van der Waals surface area contributed by atoms with E-state index in [1.165, 1.54) is 11.8 Å². The quantitative estimate of drug-likeness (QED) is 0.797. The van der Waals surface area contributed by atoms with Crippen LogP contribution in [0.25, 0.3) is 11.0 Å². The number of hydrogen-bond acceptors (Lipinski definition) is 4. The standard InChI is InChI=1S/C14H14ClNO4S/c1-8-9-3-2-4-10(15)13(9)20-12(8)14(19)16-5-6-21-7-11(17)18/h2-4H,5-7H2,1H3,(H,16,19)(H,17,18). The Hall–Kier alpha value is -1.66. The van der Waals surface area contributed by atoms with E-state index in [9.17, 15) is 9.59 Å². The molecule has 5 nitrogen and oxygen atoms in total. The zero-order chi connectivity index (χ0) is 15.4. The van der Waals surface area contributed by atoms with Gasteiger partial charge in [-0.05, 0) is 13.0 Å². The van der Waals surface area contributed by atoms with Gasteiger partial charge in [0.05, 0.1) is 10.8 Å². The number of benzene rings is 1. The number of para-hydroxylation sites is 1. The van der Waals surface area contributed by atoms with E-state index in [0.717, 1.165) is 10.9 Å². The van der Waals surface area contributed by atoms with Crippen LogP contribution in [0, 0.1) is 6.92 Å². The Labute approximate surface area is 130 Å². The molecule has 2 rings (SSSR count). The third kappa shape index (κ3) is 3.71. The summed E-state index contributed by atoms with van der Waals surface area (Å²) in [7, 11) is 0. The summed E-state index contributed by atoms with van der Waals surface area (Å²) in [4.78, 5) is 22.4. The number of carboxylic acid groups (broad SMARTS) is 1. The summed E-state index contributed by atoms with van der Waals surface area (Å²) in [5, 5.41) is 12.5. The lowest BCUT2D eigenvalue weighted by atomic mass is 10.1. The van der Waals surface area contributed by atoms with Gasteiger partial charge in [-0.1, -0.05) is 23.7 Å². The van der Waals surface area contributed by atoms with Gasteiger partial charge in [0.2, 0.25) is 0 Å². The number of thioether (sulfide) groups is 1. The number of rotatable bonds is 6. The molecule has 0 saturated carbocycles. The molecule has 0 aliphatic rings. The summed E-state index contributed by atoms with van der Waals surface area (Å²) < 4.78 is 5.54. The Balaban J connectivity index is 2.01. The zero-order valence-corrected chi connectivity index (χ0v) is 12.9. The van der Waals surface area contributed by atoms with Crippen molar-refractivity contribution < 1.29 is 19.1 Å². The van der Waals surface area contributed by atoms with E-state index in [0.29, 0.717) is 22.9 Å². The van der Waals surface area contributed by atoms with Crippen LogP contribution < -0.4 is 5.32 Å². The first kappa shape index (κ1) is 15.7. The lowest BCUT2D eigenvalue weighted by Gasteiger charge is -2.02. The number of hydrogen-bond donors (Lipinski definition) is 2. The first-order valence-corrected chi connectivity index (χ1v) is 7.79. The van der Waals surface area contributed by atoms with Crippen LogP contribution in [0.4, 0.5) is 0 Å². The van der Waals surface area contributed by atoms with Crippen LogP contribution in [0.3, 0.4) is 0 Å². The Morgan fingerprint density at radius 3 is 2.86 bits per heavy atom. The fraction of sp³-hybridized carbons (Fsp3) is 0.286. The maximum atomic E-state index is 12.1. The Morgan fingerprint density at radius 2 is 2.19 bits per heavy atom. The van der Waals surface area contributed by atoms with Crippen LogP contribution in [0.15, 0.2) is 22.6 Å². The SMILES string of the molecule is Cc1c(C(=O)NCCSCC(=O)O)oc2c(Cl)cccc12. The fourth-order valence-electron chi connectivity index (χ4n) is 1.90. The van der Waals surface area contributed by atoms with Gasteiger partial charge in [-0.25, -0.2) is 0 Å². The number of aliphatic carboxylic acids is 1. The number of nitrogens with one attached hydrogen (secondary N) is 1. The second kappa shape index (κ2) is 6.87. The average Bonchev–Trinajstić information content (AvgIpc) is 2.77. The van der Waals surface area contributed by atoms with E-state index in [4.69, 9.17) is 21.1 Å². The van der Waals surface area contributed by atoms with E-state index in [2.05, 4.69) is 5.32 Å². The first-order chi connectivity index (χ1) is 10.0. The highest BCUT2D eigenvalue weighted by atomic mass is 35.5. The molecular weight excluding hydrogens is 314 g/mol. The lowest BCUT2D eigenvalue weighted by molar-refractivity contribution is -0.133. The molecular formula is C14H14ClNO4S. The Kier molecular flexibility index (Phi) is 5.14. The van der Waals surface area contributed by atoms with Crippen molar-refractivity contribution in [2.75, 3.05) is 18.1 Å². The molecule has 2 aromatic rings. The molecule has 7 heteroatoms. The molecule has 1 amide bonds. The van der Waals surface area contributed by atoms with Crippen LogP contribution in [0.5, 0.6) is 0 Å². The van der Waals surface area contributed by atoms with E-state index < -0.39 is 5.97 Å². The van der Waals surface area contributed by atoms with Crippen molar-refractivity contribution in [3.63, 3.8) is 0 Å². The maximum absolute atomic E-state index is 12.1. The van der Waals surface area contributed by atoms with Gasteiger partial charge in [0, 0.05) is 23.2 Å². The van der Waals surface area contributed by atoms with Gasteiger partial charge in [-0.3, -0.25) is 9.59 Å². The summed E-state index contributed by atoms with van der Waals surface area (Å²) in [5.74, 6) is -0.404. The molecule has 1 heterocycles. The molecule has 0 atom stereocenters. The number of amides is 1. The number of halogens is 1. The fourth-order valence-corrected chi connectivity index (χ4v) is 2.68. The Morgan fingerprint density at radius 1 is 1.43 bits per heavy atom. The van der Waals surface area contributed by atoms with Crippen molar-refractivity contribution in [2.45, 2.75) is 6.92 Å². The molecule has 21 heavy (non-hydrogen) atoms. The van der Waals surface area contributed by atoms with Crippen LogP contribution in [-0.4, -0.2) is 35.0 Å². The summed E-state index contributed by atoms with van der Waals surface area (Å²) in [5.41, 5.74) is 1.24. The van der Waals surface area contributed by atoms with E-state index >= 15 is 0 Å². The number of fused-ring (bicyclic) bond motifs is 1. The largest absolute Gasteiger partial charge is 0.481 e. The van der Waals surface area contributed by atoms with Gasteiger partial charge in [-0.15, -0.1) is 11.8 Å². The van der Waals surface area contributed by atoms with Gasteiger partial charge >= 0.3 is 5.97 Å². The van der Waals surface area contributed by atoms with Gasteiger partial charge in [-0.2, -0.15) is 0 Å². The van der Waals surface area contributed by atoms with Gasteiger partial charge in [0.1, 0.15) is 0 Å². The molecule has 1 aromatic heterocycles. The maximum Gasteiger partial charge on any atom is 0.313 e. The molecule has 0 aliphatic heterocycles. The van der Waals surface area contributed by atoms with Crippen molar-refractivity contribution >= 4 is 46.2 Å². The molecule has 0 radical (unpaired) electrons. The lowest BCUT2D eigenvalue weighted by Crippen LogP contribution is -2.26. The minimum Gasteiger partial charge on any atom is -0.481 e. The second-order valence-corrected chi connectivity index (χ2v) is 5.89. The highest BCUT2D eigenvalue weighted by Crippen LogP contribution is 2.30. The van der Waals surface area contributed by atoms with Gasteiger partial charge in [0.25, 0.3) is 5.91 Å². The van der Waals surface area contributed by atoms with Crippen molar-refractivity contribution in [3.05, 3.63) is 34.5 Å². The highest BCUT2D eigenvalue weighted by molar-refractivity contribution is 7.99. The normalized spacial score (nSPS) is 10.8. The number of carboxylic acids is 1. The number of carbonyl (C=O) groups excluding carboxylic acids is 1. The van der Waals surface area contributed by atoms with Crippen molar-refractivity contribution in [3.8, 4) is 0 Å². The molecule has 0 fully saturated rings. The van der Waals surface area contributed by atoms with E-state index in [1.807, 2.05) is 6.07 Å². The van der Waals surface area contributed by atoms with Gasteiger partial charge in [0.15, 0.2) is 11.3 Å². The van der Waals surface area contributed by atoms with E-state index in [-0.39, 0.29) is 17.4 Å². The number of furan rings is 1. The predicted molar refractivity (Wildman–Crippen MR) is 83.3 cm³/mol. The summed E-state index contributed by atoms with van der Waals surface area (Å²) in [6.45, 7) is 2.18. The minimum absolute atomic E-state index is 0.0230. The Bertz CT molecular complexity index is 683. The molecule has 0 bridgehead atoms. The van der Waals surface area contributed by atoms with E-state index in [1.54, 1.807) is 19.1 Å². The predicted octanol–water partition coefficient (Wildman–Crippen LogP) is 2.94. The molecule has 0 aliphatic carbocycles. The number of carbonyl (C=O) groups is 2. The smallest absolute Gasteiger partial charge is 0.313 e. The molecule has 0 spiro atoms. The molecule has 0 unspecified atom stereocenters. The topological polar surface area (TPSA) is 79.5 Å². The molecule has 2 N–H and O–H groups in total. The molecule has 0 saturated heterocycles. The zero-order valence-electron chi connectivity index (χ0n) is 11.3. The second-order valence-electron chi connectivity index (χ2n) is 4.37. The first-order valence-electron chi connectivity index (χ1n) is 6.26. The summed E-state index contributed by atoms with van der Waals surface area (Å²) >= 11 is 7.28. The third-order valence-electron chi connectivity index (χ3n) is 2.88. The van der Waals surface area contributed by atoms with Crippen molar-refractivity contribution in [1.82, 2.24) is 5.32 Å². The van der Waals surface area contributed by atoms with Crippen LogP contribution in [0.2, 0.25) is 5.02 Å². The van der Waals surface area contributed by atoms with Crippen molar-refractivity contribution in [2.24, 2.45) is 0 Å². The summed E-state index contributed by atoms with van der Waals surface area (Å²) in [6, 6.07) is 5.36. The van der Waals surface area contributed by atoms with Crippen LogP contribution in [-0.2, 0) is 4.79 Å². The van der Waals surface area contributed by atoms with Gasteiger partial charge < -0.3 is 14.8 Å². The minimum atomic E-state index is -0.867. The average molecular weight is 328 g/mol. The third-order valence-corrected chi connectivity index (χ3v) is 4.12.